The van der Waals surface area contributed by atoms with Gasteiger partial charge in [0.2, 0.25) is 0 Å². The zero-order valence-corrected chi connectivity index (χ0v) is 11.7. The highest BCUT2D eigenvalue weighted by Crippen LogP contribution is 2.27. The monoisotopic (exact) mass is 271 g/mol. The van der Waals surface area contributed by atoms with Crippen molar-refractivity contribution in [2.75, 3.05) is 13.2 Å². The molecule has 4 nitrogen and oxygen atoms in total. The first-order chi connectivity index (χ1) is 9.86. The van der Waals surface area contributed by atoms with Gasteiger partial charge in [0.15, 0.2) is 0 Å². The highest BCUT2D eigenvalue weighted by atomic mass is 16.3. The first-order valence-corrected chi connectivity index (χ1v) is 7.25. The molecule has 1 aromatic heterocycles. The molecule has 0 bridgehead atoms. The van der Waals surface area contributed by atoms with Crippen molar-refractivity contribution in [1.29, 1.82) is 0 Å². The minimum atomic E-state index is 0.218. The van der Waals surface area contributed by atoms with Crippen LogP contribution in [0.25, 0.3) is 0 Å². The maximum atomic E-state index is 9.18. The smallest absolute Gasteiger partial charge is 0.123 e. The zero-order chi connectivity index (χ0) is 13.8. The summed E-state index contributed by atoms with van der Waals surface area (Å²) in [6.45, 7) is 2.64. The Kier molecular flexibility index (Phi) is 4.14. The topological polar surface area (TPSA) is 41.3 Å². The Labute approximate surface area is 119 Å². The van der Waals surface area contributed by atoms with Crippen LogP contribution in [0.2, 0.25) is 0 Å². The van der Waals surface area contributed by atoms with Gasteiger partial charge < -0.3 is 9.67 Å². The van der Waals surface area contributed by atoms with Gasteiger partial charge in [-0.3, -0.25) is 4.90 Å². The normalized spacial score (nSPS) is 14.9. The van der Waals surface area contributed by atoms with Gasteiger partial charge in [-0.25, -0.2) is 4.98 Å². The van der Waals surface area contributed by atoms with E-state index in [0.717, 1.165) is 25.5 Å². The van der Waals surface area contributed by atoms with Crippen molar-refractivity contribution in [1.82, 2.24) is 14.5 Å². The maximum absolute atomic E-state index is 9.18. The van der Waals surface area contributed by atoms with Gasteiger partial charge in [0.25, 0.3) is 0 Å². The van der Waals surface area contributed by atoms with E-state index in [1.54, 1.807) is 0 Å². The molecule has 1 saturated carbocycles. The molecule has 1 N–H and O–H groups in total. The predicted molar refractivity (Wildman–Crippen MR) is 78.3 cm³/mol. The third-order valence-electron chi connectivity index (χ3n) is 3.79. The highest BCUT2D eigenvalue weighted by Gasteiger charge is 2.29. The van der Waals surface area contributed by atoms with Crippen molar-refractivity contribution < 1.29 is 5.11 Å². The lowest BCUT2D eigenvalue weighted by atomic mass is 10.2. The van der Waals surface area contributed by atoms with E-state index in [-0.39, 0.29) is 6.61 Å². The van der Waals surface area contributed by atoms with Gasteiger partial charge in [0.05, 0.1) is 13.2 Å². The Hall–Kier alpha value is -1.65. The van der Waals surface area contributed by atoms with E-state index in [2.05, 4.69) is 38.7 Å². The van der Waals surface area contributed by atoms with E-state index in [9.17, 15) is 5.11 Å². The Bertz CT molecular complexity index is 534. The van der Waals surface area contributed by atoms with E-state index in [4.69, 9.17) is 0 Å². The average molecular weight is 271 g/mol. The number of aliphatic hydroxyl groups is 1. The van der Waals surface area contributed by atoms with Crippen LogP contribution in [0.15, 0.2) is 42.7 Å². The second-order valence-electron chi connectivity index (χ2n) is 5.38. The van der Waals surface area contributed by atoms with Gasteiger partial charge in [-0.05, 0) is 18.4 Å². The Morgan fingerprint density at radius 1 is 1.25 bits per heavy atom. The van der Waals surface area contributed by atoms with E-state index < -0.39 is 0 Å². The summed E-state index contributed by atoms with van der Waals surface area (Å²) in [6.07, 6.45) is 6.40. The van der Waals surface area contributed by atoms with Crippen LogP contribution in [0, 0.1) is 0 Å². The second-order valence-corrected chi connectivity index (χ2v) is 5.38. The van der Waals surface area contributed by atoms with Crippen molar-refractivity contribution in [3.05, 3.63) is 54.1 Å². The van der Waals surface area contributed by atoms with Gasteiger partial charge in [0.1, 0.15) is 5.82 Å². The van der Waals surface area contributed by atoms with Gasteiger partial charge in [0, 0.05) is 31.5 Å². The Morgan fingerprint density at radius 2 is 2.05 bits per heavy atom. The molecule has 1 aliphatic carbocycles. The molecule has 3 rings (SSSR count). The number of rotatable bonds is 7. The lowest BCUT2D eigenvalue weighted by molar-refractivity contribution is 0.179. The molecule has 1 heterocycles. The summed E-state index contributed by atoms with van der Waals surface area (Å²) in [6, 6.07) is 11.1. The van der Waals surface area contributed by atoms with Crippen LogP contribution in [0.3, 0.4) is 0 Å². The van der Waals surface area contributed by atoms with Crippen LogP contribution < -0.4 is 0 Å². The molecule has 2 aromatic rings. The fourth-order valence-corrected chi connectivity index (χ4v) is 2.56. The lowest BCUT2D eigenvalue weighted by Gasteiger charge is -2.21. The molecule has 0 unspecified atom stereocenters. The SMILES string of the molecule is OCCN(Cc1nccn1Cc1ccccc1)C1CC1. The minimum Gasteiger partial charge on any atom is -0.395 e. The lowest BCUT2D eigenvalue weighted by Crippen LogP contribution is -2.30. The largest absolute Gasteiger partial charge is 0.395 e. The summed E-state index contributed by atoms with van der Waals surface area (Å²) >= 11 is 0. The van der Waals surface area contributed by atoms with Crippen LogP contribution in [-0.4, -0.2) is 38.8 Å². The number of benzene rings is 1. The van der Waals surface area contributed by atoms with Crippen LogP contribution in [0.5, 0.6) is 0 Å². The second kappa shape index (κ2) is 6.20. The van der Waals surface area contributed by atoms with E-state index in [1.165, 1.54) is 18.4 Å². The number of aromatic nitrogens is 2. The molecule has 20 heavy (non-hydrogen) atoms. The number of imidazole rings is 1. The van der Waals surface area contributed by atoms with Crippen LogP contribution >= 0.6 is 0 Å². The van der Waals surface area contributed by atoms with Crippen molar-refractivity contribution in [2.45, 2.75) is 32.0 Å². The standard InChI is InChI=1S/C16H21N3O/c20-11-10-18(15-6-7-15)13-16-17-8-9-19(16)12-14-4-2-1-3-5-14/h1-5,8-9,15,20H,6-7,10-13H2. The molecular formula is C16H21N3O. The van der Waals surface area contributed by atoms with Crippen LogP contribution in [-0.2, 0) is 13.1 Å². The highest BCUT2D eigenvalue weighted by molar-refractivity contribution is 5.15. The van der Waals surface area contributed by atoms with Crippen molar-refractivity contribution in [3.8, 4) is 0 Å². The molecule has 1 fully saturated rings. The summed E-state index contributed by atoms with van der Waals surface area (Å²) in [5.41, 5.74) is 1.28. The van der Waals surface area contributed by atoms with E-state index in [1.807, 2.05) is 18.5 Å². The molecule has 0 radical (unpaired) electrons. The first-order valence-electron chi connectivity index (χ1n) is 7.25. The summed E-state index contributed by atoms with van der Waals surface area (Å²) in [5, 5.41) is 9.18. The van der Waals surface area contributed by atoms with Crippen LogP contribution in [0.1, 0.15) is 24.2 Å². The van der Waals surface area contributed by atoms with Gasteiger partial charge in [-0.1, -0.05) is 30.3 Å². The molecule has 0 atom stereocenters. The third kappa shape index (κ3) is 3.26. The number of aliphatic hydroxyl groups excluding tert-OH is 1. The van der Waals surface area contributed by atoms with E-state index >= 15 is 0 Å². The van der Waals surface area contributed by atoms with Gasteiger partial charge >= 0.3 is 0 Å². The predicted octanol–water partition coefficient (Wildman–Crippen LogP) is 1.89. The maximum Gasteiger partial charge on any atom is 0.123 e. The van der Waals surface area contributed by atoms with Crippen molar-refractivity contribution in [3.63, 3.8) is 0 Å². The molecule has 1 aliphatic rings. The first kappa shape index (κ1) is 13.3. The number of hydrogen-bond acceptors (Lipinski definition) is 3. The van der Waals surface area contributed by atoms with Gasteiger partial charge in [-0.15, -0.1) is 0 Å². The summed E-state index contributed by atoms with van der Waals surface area (Å²) in [4.78, 5) is 6.82. The molecular weight excluding hydrogens is 250 g/mol. The van der Waals surface area contributed by atoms with Crippen LogP contribution in [0.4, 0.5) is 0 Å². The van der Waals surface area contributed by atoms with E-state index in [0.29, 0.717) is 6.04 Å². The van der Waals surface area contributed by atoms with Crippen molar-refractivity contribution in [2.24, 2.45) is 0 Å². The Balaban J connectivity index is 1.69. The summed E-state index contributed by atoms with van der Waals surface area (Å²) in [7, 11) is 0. The number of nitrogens with zero attached hydrogens (tertiary/aromatic N) is 3. The zero-order valence-electron chi connectivity index (χ0n) is 11.7. The quantitative estimate of drug-likeness (QED) is 0.836. The molecule has 4 heteroatoms. The van der Waals surface area contributed by atoms with Gasteiger partial charge in [-0.2, -0.15) is 0 Å². The molecule has 0 amide bonds. The molecule has 106 valence electrons. The average Bonchev–Trinajstić information content (AvgIpc) is 3.23. The minimum absolute atomic E-state index is 0.218. The molecule has 0 saturated heterocycles. The molecule has 0 aliphatic heterocycles. The molecule has 1 aromatic carbocycles. The fraction of sp³-hybridized carbons (Fsp3) is 0.438. The van der Waals surface area contributed by atoms with Crippen molar-refractivity contribution >= 4 is 0 Å². The third-order valence-corrected chi connectivity index (χ3v) is 3.79. The Morgan fingerprint density at radius 3 is 2.75 bits per heavy atom. The fourth-order valence-electron chi connectivity index (χ4n) is 2.56. The molecule has 0 spiro atoms. The summed E-state index contributed by atoms with van der Waals surface area (Å²) < 4.78 is 2.20. The summed E-state index contributed by atoms with van der Waals surface area (Å²) in [5.74, 6) is 1.08. The number of hydrogen-bond donors (Lipinski definition) is 1.